The molecule has 0 amide bonds. The van der Waals surface area contributed by atoms with Crippen LogP contribution < -0.4 is 22.8 Å². The third kappa shape index (κ3) is 6.01. The van der Waals surface area contributed by atoms with Gasteiger partial charge >= 0.3 is 5.69 Å². The molecule has 3 atom stereocenters. The van der Waals surface area contributed by atoms with Crippen molar-refractivity contribution in [3.05, 3.63) is 76.1 Å². The van der Waals surface area contributed by atoms with Crippen molar-refractivity contribution in [2.24, 2.45) is 34.5 Å². The van der Waals surface area contributed by atoms with Crippen LogP contribution in [0.3, 0.4) is 0 Å². The molecule has 5 N–H and O–H groups in total. The van der Waals surface area contributed by atoms with Crippen LogP contribution >= 0.6 is 0 Å². The Morgan fingerprint density at radius 1 is 1.21 bits per heavy atom. The summed E-state index contributed by atoms with van der Waals surface area (Å²) in [6, 6.07) is 12.0. The van der Waals surface area contributed by atoms with Gasteiger partial charge in [-0.05, 0) is 61.5 Å². The first kappa shape index (κ1) is 27.6. The molecule has 2 heterocycles. The fourth-order valence-corrected chi connectivity index (χ4v) is 6.04. The number of hydrogen-bond donors (Lipinski definition) is 3. The van der Waals surface area contributed by atoms with Crippen molar-refractivity contribution in [2.75, 3.05) is 0 Å². The zero-order valence-electron chi connectivity index (χ0n) is 23.2. The van der Waals surface area contributed by atoms with E-state index in [1.165, 1.54) is 12.8 Å². The molecule has 3 unspecified atom stereocenters. The van der Waals surface area contributed by atoms with Crippen LogP contribution in [0.2, 0.25) is 0 Å². The Kier molecular flexibility index (Phi) is 9.05. The highest BCUT2D eigenvalue weighted by molar-refractivity contribution is 6.03. The zero-order chi connectivity index (χ0) is 27.2. The van der Waals surface area contributed by atoms with Gasteiger partial charge in [0.15, 0.2) is 5.84 Å². The van der Waals surface area contributed by atoms with Crippen LogP contribution in [0.15, 0.2) is 58.7 Å². The number of pyridine rings is 1. The highest BCUT2D eigenvalue weighted by Gasteiger charge is 2.35. The van der Waals surface area contributed by atoms with Crippen molar-refractivity contribution in [3.8, 4) is 11.3 Å². The van der Waals surface area contributed by atoms with Gasteiger partial charge in [0.1, 0.15) is 0 Å². The predicted octanol–water partition coefficient (Wildman–Crippen LogP) is 4.82. The lowest BCUT2D eigenvalue weighted by molar-refractivity contribution is 0.314. The van der Waals surface area contributed by atoms with Gasteiger partial charge in [0.2, 0.25) is 0 Å². The molecule has 0 spiro atoms. The second-order valence-electron chi connectivity index (χ2n) is 11.3. The summed E-state index contributed by atoms with van der Waals surface area (Å²) in [6.07, 6.45) is 10.5. The number of nitrogens with one attached hydrogen (secondary N) is 1. The summed E-state index contributed by atoms with van der Waals surface area (Å²) in [5.74, 6) is 13.3. The summed E-state index contributed by atoms with van der Waals surface area (Å²) in [5, 5.41) is 3.75. The molecular weight excluding hydrogens is 474 g/mol. The van der Waals surface area contributed by atoms with Gasteiger partial charge in [-0.1, -0.05) is 64.4 Å². The number of hydrazine groups is 1. The van der Waals surface area contributed by atoms with Gasteiger partial charge in [0.05, 0.1) is 12.2 Å². The van der Waals surface area contributed by atoms with Crippen molar-refractivity contribution in [1.82, 2.24) is 19.5 Å². The lowest BCUT2D eigenvalue weighted by Gasteiger charge is -2.22. The van der Waals surface area contributed by atoms with E-state index in [1.54, 1.807) is 0 Å². The lowest BCUT2D eigenvalue weighted by Crippen LogP contribution is -2.32. The van der Waals surface area contributed by atoms with Crippen LogP contribution in [0.4, 0.5) is 0 Å². The van der Waals surface area contributed by atoms with Crippen molar-refractivity contribution >= 4 is 5.84 Å². The summed E-state index contributed by atoms with van der Waals surface area (Å²) in [6.45, 7) is 9.59. The van der Waals surface area contributed by atoms with Crippen molar-refractivity contribution in [3.63, 3.8) is 0 Å². The Hall–Kier alpha value is -3.39. The van der Waals surface area contributed by atoms with E-state index in [0.29, 0.717) is 30.1 Å². The molecule has 0 bridgehead atoms. The summed E-state index contributed by atoms with van der Waals surface area (Å²) in [5.41, 5.74) is 7.20. The van der Waals surface area contributed by atoms with Crippen LogP contribution in [0, 0.1) is 17.8 Å². The highest BCUT2D eigenvalue weighted by atomic mass is 16.1. The molecule has 1 aliphatic rings. The van der Waals surface area contributed by atoms with Crippen LogP contribution in [0.5, 0.6) is 0 Å². The molecule has 1 aliphatic carbocycles. The lowest BCUT2D eigenvalue weighted by atomic mass is 9.92. The number of unbranched alkanes of at least 4 members (excludes halogenated alkanes) is 1. The van der Waals surface area contributed by atoms with E-state index in [0.717, 1.165) is 53.8 Å². The Balaban J connectivity index is 1.64. The first-order valence-electron chi connectivity index (χ1n) is 14.0. The Bertz CT molecular complexity index is 1290. The number of rotatable bonds is 10. The second-order valence-corrected chi connectivity index (χ2v) is 11.3. The molecular formula is C30H43N7O. The maximum atomic E-state index is 13.8. The highest BCUT2D eigenvalue weighted by Crippen LogP contribution is 2.42. The summed E-state index contributed by atoms with van der Waals surface area (Å²) >= 11 is 0. The number of hydrazone groups is 1. The van der Waals surface area contributed by atoms with Gasteiger partial charge in [-0.25, -0.2) is 10.6 Å². The number of imidazole rings is 1. The number of aromatic nitrogens is 3. The summed E-state index contributed by atoms with van der Waals surface area (Å²) in [4.78, 5) is 18.5. The van der Waals surface area contributed by atoms with Gasteiger partial charge in [0.25, 0.3) is 0 Å². The summed E-state index contributed by atoms with van der Waals surface area (Å²) < 4.78 is 4.03. The molecule has 2 aromatic heterocycles. The minimum absolute atomic E-state index is 0.108. The molecule has 8 nitrogen and oxygen atoms in total. The maximum Gasteiger partial charge on any atom is 0.328 e. The number of benzene rings is 1. The van der Waals surface area contributed by atoms with Crippen LogP contribution in [0.25, 0.3) is 11.3 Å². The predicted molar refractivity (Wildman–Crippen MR) is 155 cm³/mol. The first-order chi connectivity index (χ1) is 18.4. The molecule has 3 aromatic rings. The molecule has 8 heteroatoms. The Morgan fingerprint density at radius 3 is 2.66 bits per heavy atom. The van der Waals surface area contributed by atoms with E-state index in [4.69, 9.17) is 16.7 Å². The monoisotopic (exact) mass is 517 g/mol. The molecule has 38 heavy (non-hydrogen) atoms. The van der Waals surface area contributed by atoms with Crippen LogP contribution in [0.1, 0.15) is 82.7 Å². The van der Waals surface area contributed by atoms with Crippen molar-refractivity contribution < 1.29 is 0 Å². The normalized spacial score (nSPS) is 19.8. The van der Waals surface area contributed by atoms with E-state index in [1.807, 2.05) is 47.2 Å². The zero-order valence-corrected chi connectivity index (χ0v) is 23.2. The molecule has 0 radical (unpaired) electrons. The minimum Gasteiger partial charge on any atom is -0.321 e. The van der Waals surface area contributed by atoms with E-state index in [2.05, 4.69) is 49.0 Å². The quantitative estimate of drug-likeness (QED) is 0.154. The number of amidine groups is 1. The second kappa shape index (κ2) is 12.4. The smallest absolute Gasteiger partial charge is 0.321 e. The van der Waals surface area contributed by atoms with Gasteiger partial charge in [-0.3, -0.25) is 14.1 Å². The number of hydrogen-bond acceptors (Lipinski definition) is 5. The molecule has 204 valence electrons. The Morgan fingerprint density at radius 2 is 2.00 bits per heavy atom. The SMILES string of the molecule is CCCCc1cn(C2CC(C)CC2CC(C)C)c(=O)n1Cc1ccc(-c2ccccc2/C(=N/N)NN)nc1. The summed E-state index contributed by atoms with van der Waals surface area (Å²) in [7, 11) is 0. The van der Waals surface area contributed by atoms with Crippen molar-refractivity contribution in [1.29, 1.82) is 0 Å². The van der Waals surface area contributed by atoms with E-state index < -0.39 is 0 Å². The molecule has 0 saturated heterocycles. The fraction of sp³-hybridized carbons (Fsp3) is 0.500. The fourth-order valence-electron chi connectivity index (χ4n) is 6.04. The maximum absolute atomic E-state index is 13.8. The minimum atomic E-state index is 0.108. The average Bonchev–Trinajstić information content (AvgIpc) is 3.42. The van der Waals surface area contributed by atoms with Gasteiger partial charge in [-0.15, -0.1) is 0 Å². The van der Waals surface area contributed by atoms with Crippen LogP contribution in [-0.2, 0) is 13.0 Å². The van der Waals surface area contributed by atoms with Crippen LogP contribution in [-0.4, -0.2) is 20.0 Å². The van der Waals surface area contributed by atoms with E-state index >= 15 is 0 Å². The van der Waals surface area contributed by atoms with Crippen molar-refractivity contribution in [2.45, 2.75) is 78.8 Å². The first-order valence-corrected chi connectivity index (χ1v) is 14.0. The van der Waals surface area contributed by atoms with Gasteiger partial charge in [0, 0.05) is 35.3 Å². The topological polar surface area (TPSA) is 116 Å². The molecule has 4 rings (SSSR count). The third-order valence-corrected chi connectivity index (χ3v) is 7.79. The van der Waals surface area contributed by atoms with Gasteiger partial charge in [-0.2, -0.15) is 5.10 Å². The molecule has 0 aliphatic heterocycles. The molecule has 1 saturated carbocycles. The number of nitrogens with two attached hydrogens (primary N) is 2. The Labute approximate surface area is 226 Å². The van der Waals surface area contributed by atoms with E-state index in [9.17, 15) is 4.79 Å². The average molecular weight is 518 g/mol. The third-order valence-electron chi connectivity index (χ3n) is 7.79. The largest absolute Gasteiger partial charge is 0.328 e. The van der Waals surface area contributed by atoms with Gasteiger partial charge < -0.3 is 11.3 Å². The van der Waals surface area contributed by atoms with E-state index in [-0.39, 0.29) is 11.7 Å². The standard InChI is InChI=1S/C30H43N7O/c1-5-6-9-24-19-37(28-16-21(4)15-23(28)14-20(2)3)30(38)36(24)18-22-12-13-27(33-17-22)25-10-7-8-11-26(25)29(34-31)35-32/h7-8,10-13,17,19-21,23,28H,5-6,9,14-16,18,31-32H2,1-4H3,(H,34,35). The number of aryl methyl sites for hydroxylation is 1. The molecule has 1 fully saturated rings. The number of nitrogens with zero attached hydrogens (tertiary/aromatic N) is 4. The molecule has 1 aromatic carbocycles.